The Labute approximate surface area is 112 Å². The first-order valence-corrected chi connectivity index (χ1v) is 7.59. The Morgan fingerprint density at radius 1 is 1.33 bits per heavy atom. The lowest BCUT2D eigenvalue weighted by Crippen LogP contribution is -2.52. The van der Waals surface area contributed by atoms with Crippen LogP contribution >= 0.6 is 11.8 Å². The third kappa shape index (κ3) is 2.80. The van der Waals surface area contributed by atoms with Crippen LogP contribution in [0, 0.1) is 0 Å². The van der Waals surface area contributed by atoms with Crippen LogP contribution in [0.2, 0.25) is 0 Å². The summed E-state index contributed by atoms with van der Waals surface area (Å²) in [5.41, 5.74) is 0. The maximum atomic E-state index is 12.5. The fourth-order valence-electron chi connectivity index (χ4n) is 2.57. The Morgan fingerprint density at radius 3 is 2.61 bits per heavy atom. The molecule has 0 aliphatic carbocycles. The van der Waals surface area contributed by atoms with Gasteiger partial charge in [-0.25, -0.2) is 0 Å². The summed E-state index contributed by atoms with van der Waals surface area (Å²) in [6.07, 6.45) is 2.00. The smallest absolute Gasteiger partial charge is 0.246 e. The predicted octanol–water partition coefficient (Wildman–Crippen LogP) is 0.118. The molecule has 1 N–H and O–H groups in total. The normalized spacial score (nSPS) is 25.2. The highest BCUT2D eigenvalue weighted by atomic mass is 32.2. The Hall–Kier alpha value is -0.750. The molecular formula is C12H21N3O2S. The van der Waals surface area contributed by atoms with E-state index in [0.717, 1.165) is 31.7 Å². The number of rotatable bonds is 2. The fourth-order valence-corrected chi connectivity index (χ4v) is 3.78. The molecular weight excluding hydrogens is 250 g/mol. The number of nitrogens with zero attached hydrogens (tertiary/aromatic N) is 2. The van der Waals surface area contributed by atoms with E-state index >= 15 is 0 Å². The van der Waals surface area contributed by atoms with E-state index in [0.29, 0.717) is 11.9 Å². The summed E-state index contributed by atoms with van der Waals surface area (Å²) in [6.45, 7) is 3.48. The van der Waals surface area contributed by atoms with Gasteiger partial charge in [0.25, 0.3) is 0 Å². The molecule has 0 saturated carbocycles. The van der Waals surface area contributed by atoms with Gasteiger partial charge in [0.2, 0.25) is 11.8 Å². The van der Waals surface area contributed by atoms with Gasteiger partial charge in [-0.15, -0.1) is 11.8 Å². The molecule has 0 unspecified atom stereocenters. The van der Waals surface area contributed by atoms with Gasteiger partial charge in [0.1, 0.15) is 6.04 Å². The summed E-state index contributed by atoms with van der Waals surface area (Å²) in [4.78, 5) is 27.5. The van der Waals surface area contributed by atoms with Crippen molar-refractivity contribution in [3.8, 4) is 0 Å². The lowest BCUT2D eigenvalue weighted by Gasteiger charge is -2.34. The van der Waals surface area contributed by atoms with Gasteiger partial charge in [-0.2, -0.15) is 0 Å². The molecule has 2 aliphatic heterocycles. The molecule has 2 fully saturated rings. The van der Waals surface area contributed by atoms with Crippen molar-refractivity contribution in [2.45, 2.75) is 31.8 Å². The Morgan fingerprint density at radius 2 is 2.00 bits per heavy atom. The van der Waals surface area contributed by atoms with Crippen molar-refractivity contribution >= 4 is 23.6 Å². The maximum Gasteiger partial charge on any atom is 0.246 e. The molecule has 2 amide bonds. The number of carbonyl (C=O) groups is 2. The van der Waals surface area contributed by atoms with E-state index in [-0.39, 0.29) is 17.9 Å². The second kappa shape index (κ2) is 5.93. The molecule has 102 valence electrons. The number of thioether (sulfide) groups is 1. The minimum absolute atomic E-state index is 0.00272. The first-order chi connectivity index (χ1) is 8.61. The van der Waals surface area contributed by atoms with Gasteiger partial charge in [0.15, 0.2) is 0 Å². The number of amides is 2. The van der Waals surface area contributed by atoms with Gasteiger partial charge in [0, 0.05) is 25.8 Å². The predicted molar refractivity (Wildman–Crippen MR) is 72.3 cm³/mol. The number of hydrogen-bond acceptors (Lipinski definition) is 4. The molecule has 0 radical (unpaired) electrons. The lowest BCUT2D eigenvalue weighted by atomic mass is 10.0. The topological polar surface area (TPSA) is 52.7 Å². The molecule has 18 heavy (non-hydrogen) atoms. The van der Waals surface area contributed by atoms with E-state index in [9.17, 15) is 9.59 Å². The summed E-state index contributed by atoms with van der Waals surface area (Å²) < 4.78 is 0. The van der Waals surface area contributed by atoms with E-state index in [4.69, 9.17) is 0 Å². The molecule has 0 aromatic carbocycles. The number of piperidine rings is 1. The van der Waals surface area contributed by atoms with E-state index in [2.05, 4.69) is 5.32 Å². The second-order valence-electron chi connectivity index (χ2n) is 4.93. The zero-order valence-electron chi connectivity index (χ0n) is 11.0. The van der Waals surface area contributed by atoms with Crippen molar-refractivity contribution in [1.29, 1.82) is 0 Å². The highest BCUT2D eigenvalue weighted by Gasteiger charge is 2.36. The van der Waals surface area contributed by atoms with Crippen LogP contribution in [0.15, 0.2) is 0 Å². The summed E-state index contributed by atoms with van der Waals surface area (Å²) in [6, 6.07) is 0.0607. The van der Waals surface area contributed by atoms with Crippen molar-refractivity contribution in [1.82, 2.24) is 15.1 Å². The molecule has 6 heteroatoms. The summed E-state index contributed by atoms with van der Waals surface area (Å²) in [5, 5.41) is 3.30. The standard InChI is InChI=1S/C12H21N3O2S/c1-9(16)15-8-18-7-11(15)12(17)14(2)10-3-5-13-6-4-10/h10-11,13H,3-8H2,1-2H3/t11-/m0/s1. The van der Waals surface area contributed by atoms with E-state index in [1.165, 1.54) is 6.92 Å². The monoisotopic (exact) mass is 271 g/mol. The minimum atomic E-state index is -0.257. The van der Waals surface area contributed by atoms with E-state index in [1.54, 1.807) is 16.7 Å². The van der Waals surface area contributed by atoms with Crippen LogP contribution in [-0.4, -0.2) is 65.5 Å². The van der Waals surface area contributed by atoms with Gasteiger partial charge in [-0.3, -0.25) is 9.59 Å². The fraction of sp³-hybridized carbons (Fsp3) is 0.833. The second-order valence-corrected chi connectivity index (χ2v) is 5.93. The average Bonchev–Trinajstić information content (AvgIpc) is 2.87. The summed E-state index contributed by atoms with van der Waals surface area (Å²) in [7, 11) is 1.87. The Bertz CT molecular complexity index is 331. The van der Waals surface area contributed by atoms with Crippen LogP contribution < -0.4 is 5.32 Å². The first kappa shape index (κ1) is 13.7. The van der Waals surface area contributed by atoms with Crippen molar-refractivity contribution < 1.29 is 9.59 Å². The molecule has 0 aromatic rings. The van der Waals surface area contributed by atoms with Gasteiger partial charge >= 0.3 is 0 Å². The van der Waals surface area contributed by atoms with Crippen LogP contribution in [0.3, 0.4) is 0 Å². The molecule has 2 saturated heterocycles. The Kier molecular flexibility index (Phi) is 4.50. The number of likely N-dealkylation sites (N-methyl/N-ethyl adjacent to an activating group) is 1. The van der Waals surface area contributed by atoms with Crippen molar-refractivity contribution in [2.75, 3.05) is 31.8 Å². The molecule has 0 spiro atoms. The first-order valence-electron chi connectivity index (χ1n) is 6.43. The van der Waals surface area contributed by atoms with Crippen LogP contribution in [-0.2, 0) is 9.59 Å². The van der Waals surface area contributed by atoms with Crippen LogP contribution in [0.1, 0.15) is 19.8 Å². The largest absolute Gasteiger partial charge is 0.341 e. The van der Waals surface area contributed by atoms with Gasteiger partial charge in [-0.1, -0.05) is 0 Å². The third-order valence-corrected chi connectivity index (χ3v) is 4.79. The van der Waals surface area contributed by atoms with Crippen LogP contribution in [0.5, 0.6) is 0 Å². The quantitative estimate of drug-likeness (QED) is 0.775. The number of hydrogen-bond donors (Lipinski definition) is 1. The maximum absolute atomic E-state index is 12.5. The molecule has 5 nitrogen and oxygen atoms in total. The molecule has 1 atom stereocenters. The number of nitrogens with one attached hydrogen (secondary N) is 1. The van der Waals surface area contributed by atoms with E-state index in [1.807, 2.05) is 11.9 Å². The van der Waals surface area contributed by atoms with Crippen molar-refractivity contribution in [2.24, 2.45) is 0 Å². The molecule has 0 bridgehead atoms. The third-order valence-electron chi connectivity index (χ3n) is 3.78. The molecule has 2 aliphatic rings. The van der Waals surface area contributed by atoms with Crippen LogP contribution in [0.25, 0.3) is 0 Å². The van der Waals surface area contributed by atoms with Gasteiger partial charge in [-0.05, 0) is 25.9 Å². The SMILES string of the molecule is CC(=O)N1CSC[C@H]1C(=O)N(C)C1CCNCC1. The summed E-state index contributed by atoms with van der Waals surface area (Å²) >= 11 is 1.66. The highest BCUT2D eigenvalue weighted by molar-refractivity contribution is 7.99. The van der Waals surface area contributed by atoms with Crippen LogP contribution in [0.4, 0.5) is 0 Å². The summed E-state index contributed by atoms with van der Waals surface area (Å²) in [5.74, 6) is 1.47. The highest BCUT2D eigenvalue weighted by Crippen LogP contribution is 2.23. The molecule has 2 heterocycles. The zero-order valence-corrected chi connectivity index (χ0v) is 11.8. The zero-order chi connectivity index (χ0) is 13.1. The lowest BCUT2D eigenvalue weighted by molar-refractivity contribution is -0.143. The Balaban J connectivity index is 1.99. The van der Waals surface area contributed by atoms with Crippen molar-refractivity contribution in [3.05, 3.63) is 0 Å². The van der Waals surface area contributed by atoms with Gasteiger partial charge < -0.3 is 15.1 Å². The molecule has 2 rings (SSSR count). The number of carbonyl (C=O) groups excluding carboxylic acids is 2. The van der Waals surface area contributed by atoms with E-state index < -0.39 is 0 Å². The average molecular weight is 271 g/mol. The minimum Gasteiger partial charge on any atom is -0.341 e. The molecule has 0 aromatic heterocycles. The van der Waals surface area contributed by atoms with Gasteiger partial charge in [0.05, 0.1) is 5.88 Å². The van der Waals surface area contributed by atoms with Crippen molar-refractivity contribution in [3.63, 3.8) is 0 Å².